The van der Waals surface area contributed by atoms with Gasteiger partial charge in [0.25, 0.3) is 0 Å². The largest absolute Gasteiger partial charge is 0.344 e. The van der Waals surface area contributed by atoms with Crippen LogP contribution in [0, 0.1) is 5.92 Å². The summed E-state index contributed by atoms with van der Waals surface area (Å²) in [5.41, 5.74) is 0. The SMILES string of the molecule is CC(C)C1NC(=O)CC(C)N(CCCS(C)(=O)=O)C1=O. The molecule has 1 rings (SSSR count). The summed E-state index contributed by atoms with van der Waals surface area (Å²) in [5.74, 6) is -0.187. The molecule has 2 atom stereocenters. The van der Waals surface area contributed by atoms with Crippen molar-refractivity contribution in [3.05, 3.63) is 0 Å². The van der Waals surface area contributed by atoms with Gasteiger partial charge in [-0.05, 0) is 19.3 Å². The first kappa shape index (κ1) is 16.9. The van der Waals surface area contributed by atoms with Crippen molar-refractivity contribution < 1.29 is 18.0 Å². The summed E-state index contributed by atoms with van der Waals surface area (Å²) in [6, 6.07) is -0.725. The van der Waals surface area contributed by atoms with Gasteiger partial charge in [-0.25, -0.2) is 8.42 Å². The number of carbonyl (C=O) groups excluding carboxylic acids is 2. The van der Waals surface area contributed by atoms with E-state index in [1.54, 1.807) is 4.90 Å². The second-order valence-corrected chi connectivity index (χ2v) is 8.12. The molecule has 1 aliphatic rings. The molecular weight excluding hydrogens is 280 g/mol. The predicted molar refractivity (Wildman–Crippen MR) is 76.9 cm³/mol. The summed E-state index contributed by atoms with van der Waals surface area (Å²) >= 11 is 0. The Labute approximate surface area is 120 Å². The maximum atomic E-state index is 12.5. The van der Waals surface area contributed by atoms with Gasteiger partial charge in [0.1, 0.15) is 15.9 Å². The van der Waals surface area contributed by atoms with Gasteiger partial charge in [-0.3, -0.25) is 9.59 Å². The van der Waals surface area contributed by atoms with E-state index in [0.717, 1.165) is 0 Å². The highest BCUT2D eigenvalue weighted by Gasteiger charge is 2.35. The van der Waals surface area contributed by atoms with E-state index in [0.29, 0.717) is 13.0 Å². The first-order valence-corrected chi connectivity index (χ1v) is 8.95. The molecule has 2 unspecified atom stereocenters. The fraction of sp³-hybridized carbons (Fsp3) is 0.846. The van der Waals surface area contributed by atoms with Gasteiger partial charge in [0.15, 0.2) is 0 Å². The van der Waals surface area contributed by atoms with Gasteiger partial charge >= 0.3 is 0 Å². The summed E-state index contributed by atoms with van der Waals surface area (Å²) < 4.78 is 22.3. The minimum Gasteiger partial charge on any atom is -0.344 e. The number of carbonyl (C=O) groups is 2. The van der Waals surface area contributed by atoms with E-state index < -0.39 is 15.9 Å². The monoisotopic (exact) mass is 304 g/mol. The van der Waals surface area contributed by atoms with Crippen LogP contribution < -0.4 is 5.32 Å². The summed E-state index contributed by atoms with van der Waals surface area (Å²) in [5, 5.41) is 2.75. The molecule has 20 heavy (non-hydrogen) atoms. The molecule has 1 saturated heterocycles. The van der Waals surface area contributed by atoms with Gasteiger partial charge < -0.3 is 10.2 Å². The average molecular weight is 304 g/mol. The van der Waals surface area contributed by atoms with Crippen LogP contribution in [0.2, 0.25) is 0 Å². The molecule has 1 fully saturated rings. The maximum Gasteiger partial charge on any atom is 0.245 e. The number of hydrogen-bond acceptors (Lipinski definition) is 4. The Kier molecular flexibility index (Phi) is 5.56. The quantitative estimate of drug-likeness (QED) is 0.785. The van der Waals surface area contributed by atoms with E-state index >= 15 is 0 Å². The Balaban J connectivity index is 2.79. The first-order valence-electron chi connectivity index (χ1n) is 6.89. The van der Waals surface area contributed by atoms with E-state index in [1.165, 1.54) is 6.26 Å². The first-order chi connectivity index (χ1) is 9.11. The van der Waals surface area contributed by atoms with Gasteiger partial charge in [0.2, 0.25) is 11.8 Å². The molecule has 7 heteroatoms. The van der Waals surface area contributed by atoms with Gasteiger partial charge in [-0.15, -0.1) is 0 Å². The van der Waals surface area contributed by atoms with Crippen LogP contribution in [0.3, 0.4) is 0 Å². The van der Waals surface area contributed by atoms with Crippen LogP contribution in [0.15, 0.2) is 0 Å². The summed E-state index contributed by atoms with van der Waals surface area (Å²) in [6.07, 6.45) is 1.84. The molecule has 6 nitrogen and oxygen atoms in total. The number of sulfone groups is 1. The Morgan fingerprint density at radius 3 is 2.45 bits per heavy atom. The van der Waals surface area contributed by atoms with Crippen LogP contribution >= 0.6 is 0 Å². The molecule has 0 aromatic heterocycles. The molecule has 0 aromatic carbocycles. The Bertz CT molecular complexity index is 473. The van der Waals surface area contributed by atoms with Crippen LogP contribution in [-0.4, -0.2) is 55.8 Å². The topological polar surface area (TPSA) is 83.6 Å². The zero-order valence-corrected chi connectivity index (χ0v) is 13.4. The molecule has 1 aliphatic heterocycles. The molecular formula is C13H24N2O4S. The summed E-state index contributed by atoms with van der Waals surface area (Å²) in [7, 11) is -3.03. The fourth-order valence-electron chi connectivity index (χ4n) is 2.35. The van der Waals surface area contributed by atoms with Gasteiger partial charge in [-0.1, -0.05) is 13.8 Å². The highest BCUT2D eigenvalue weighted by molar-refractivity contribution is 7.90. The van der Waals surface area contributed by atoms with Crippen molar-refractivity contribution in [1.82, 2.24) is 10.2 Å². The zero-order valence-electron chi connectivity index (χ0n) is 12.5. The standard InChI is InChI=1S/C13H24N2O4S/c1-9(2)12-13(17)15(6-5-7-20(4,18)19)10(3)8-11(16)14-12/h9-10,12H,5-8H2,1-4H3,(H,14,16). The smallest absolute Gasteiger partial charge is 0.245 e. The molecule has 0 saturated carbocycles. The fourth-order valence-corrected chi connectivity index (χ4v) is 3.00. The number of hydrogen-bond donors (Lipinski definition) is 1. The van der Waals surface area contributed by atoms with Crippen molar-refractivity contribution in [2.75, 3.05) is 18.6 Å². The Hall–Kier alpha value is -1.11. The average Bonchev–Trinajstić information content (AvgIpc) is 2.37. The van der Waals surface area contributed by atoms with E-state index in [4.69, 9.17) is 0 Å². The number of nitrogens with zero attached hydrogens (tertiary/aromatic N) is 1. The zero-order chi connectivity index (χ0) is 15.5. The number of amides is 2. The van der Waals surface area contributed by atoms with Crippen molar-refractivity contribution >= 4 is 21.7 Å². The van der Waals surface area contributed by atoms with Crippen LogP contribution in [0.1, 0.15) is 33.6 Å². The van der Waals surface area contributed by atoms with E-state index in [2.05, 4.69) is 5.32 Å². The minimum atomic E-state index is -3.03. The van der Waals surface area contributed by atoms with Crippen LogP contribution in [-0.2, 0) is 19.4 Å². The molecule has 0 bridgehead atoms. The predicted octanol–water partition coefficient (Wildman–Crippen LogP) is 0.183. The van der Waals surface area contributed by atoms with E-state index in [1.807, 2.05) is 20.8 Å². The van der Waals surface area contributed by atoms with Gasteiger partial charge in [0, 0.05) is 25.3 Å². The van der Waals surface area contributed by atoms with E-state index in [-0.39, 0.29) is 35.9 Å². The van der Waals surface area contributed by atoms with E-state index in [9.17, 15) is 18.0 Å². The van der Waals surface area contributed by atoms with Crippen LogP contribution in [0.25, 0.3) is 0 Å². The molecule has 0 aromatic rings. The van der Waals surface area contributed by atoms with Crippen molar-refractivity contribution in [3.63, 3.8) is 0 Å². The van der Waals surface area contributed by atoms with Crippen LogP contribution in [0.4, 0.5) is 0 Å². The second kappa shape index (κ2) is 6.56. The molecule has 0 spiro atoms. The minimum absolute atomic E-state index is 0.00848. The normalized spacial score (nSPS) is 24.8. The summed E-state index contributed by atoms with van der Waals surface area (Å²) in [6.45, 7) is 5.95. The van der Waals surface area contributed by atoms with Crippen molar-refractivity contribution in [2.45, 2.75) is 45.7 Å². The lowest BCUT2D eigenvalue weighted by Gasteiger charge is -2.29. The van der Waals surface area contributed by atoms with Gasteiger partial charge in [-0.2, -0.15) is 0 Å². The third-order valence-corrected chi connectivity index (χ3v) is 4.49. The molecule has 0 aliphatic carbocycles. The lowest BCUT2D eigenvalue weighted by molar-refractivity contribution is -0.136. The molecule has 1 heterocycles. The molecule has 2 amide bonds. The summed E-state index contributed by atoms with van der Waals surface area (Å²) in [4.78, 5) is 25.8. The third kappa shape index (κ3) is 4.77. The molecule has 0 radical (unpaired) electrons. The number of nitrogens with one attached hydrogen (secondary N) is 1. The Morgan fingerprint density at radius 1 is 1.35 bits per heavy atom. The van der Waals surface area contributed by atoms with Crippen molar-refractivity contribution in [1.29, 1.82) is 0 Å². The highest BCUT2D eigenvalue weighted by Crippen LogP contribution is 2.16. The molecule has 116 valence electrons. The van der Waals surface area contributed by atoms with Gasteiger partial charge in [0.05, 0.1) is 5.75 Å². The second-order valence-electron chi connectivity index (χ2n) is 5.86. The van der Waals surface area contributed by atoms with Crippen molar-refractivity contribution in [3.8, 4) is 0 Å². The third-order valence-electron chi connectivity index (χ3n) is 3.46. The Morgan fingerprint density at radius 2 is 1.95 bits per heavy atom. The number of rotatable bonds is 5. The van der Waals surface area contributed by atoms with Crippen molar-refractivity contribution in [2.24, 2.45) is 5.92 Å². The molecule has 1 N–H and O–H groups in total. The maximum absolute atomic E-state index is 12.5. The lowest BCUT2D eigenvalue weighted by atomic mass is 10.0. The highest BCUT2D eigenvalue weighted by atomic mass is 32.2. The lowest BCUT2D eigenvalue weighted by Crippen LogP contribution is -2.49. The van der Waals surface area contributed by atoms with Crippen LogP contribution in [0.5, 0.6) is 0 Å².